The number of hydrogen-bond acceptors (Lipinski definition) is 6. The number of benzene rings is 2. The van der Waals surface area contributed by atoms with Gasteiger partial charge in [0, 0.05) is 11.1 Å². The van der Waals surface area contributed by atoms with E-state index in [1.54, 1.807) is 6.07 Å². The Hall–Kier alpha value is -3.40. The Balaban J connectivity index is 1.33. The number of rotatable bonds is 6. The maximum absolute atomic E-state index is 12.8. The molecule has 5 rings (SSSR count). The van der Waals surface area contributed by atoms with Gasteiger partial charge in [0.2, 0.25) is 0 Å². The van der Waals surface area contributed by atoms with Gasteiger partial charge in [-0.2, -0.15) is 13.2 Å². The lowest BCUT2D eigenvalue weighted by molar-refractivity contribution is -0.137. The summed E-state index contributed by atoms with van der Waals surface area (Å²) in [5.74, 6) is 0.861. The molecule has 1 aliphatic rings. The summed E-state index contributed by atoms with van der Waals surface area (Å²) in [4.78, 5) is 19.3. The van der Waals surface area contributed by atoms with Crippen molar-refractivity contribution in [2.24, 2.45) is 0 Å². The van der Waals surface area contributed by atoms with E-state index in [4.69, 9.17) is 4.74 Å². The summed E-state index contributed by atoms with van der Waals surface area (Å²) in [6.07, 6.45) is -2.25. The lowest BCUT2D eigenvalue weighted by Gasteiger charge is -2.10. The number of halogens is 3. The van der Waals surface area contributed by atoms with Crippen LogP contribution < -0.4 is 10.5 Å². The van der Waals surface area contributed by atoms with Crippen LogP contribution in [0.25, 0.3) is 22.0 Å². The summed E-state index contributed by atoms with van der Waals surface area (Å²) in [6.45, 7) is 2.14. The van der Waals surface area contributed by atoms with Gasteiger partial charge in [0.1, 0.15) is 17.4 Å². The molecule has 2 aromatic heterocycles. The number of aromatic amines is 1. The van der Waals surface area contributed by atoms with E-state index in [1.807, 2.05) is 19.1 Å². The number of alkyl halides is 3. The van der Waals surface area contributed by atoms with Gasteiger partial charge in [-0.1, -0.05) is 17.3 Å². The zero-order chi connectivity index (χ0) is 23.2. The number of nitrogens with one attached hydrogen (secondary N) is 1. The van der Waals surface area contributed by atoms with E-state index in [-0.39, 0.29) is 6.61 Å². The van der Waals surface area contributed by atoms with Gasteiger partial charge in [0.15, 0.2) is 5.82 Å². The summed E-state index contributed by atoms with van der Waals surface area (Å²) in [7, 11) is 0. The highest BCUT2D eigenvalue weighted by atomic mass is 32.1. The third-order valence-electron chi connectivity index (χ3n) is 5.46. The van der Waals surface area contributed by atoms with Crippen LogP contribution in [0.1, 0.15) is 40.5 Å². The van der Waals surface area contributed by atoms with Crippen LogP contribution in [0.3, 0.4) is 0 Å². The molecule has 2 aromatic carbocycles. The topological polar surface area (TPSA) is 81.0 Å². The molecule has 0 saturated heterocycles. The molecule has 0 atom stereocenters. The number of aryl methyl sites for hydroxylation is 1. The van der Waals surface area contributed by atoms with Crippen molar-refractivity contribution in [1.82, 2.24) is 15.1 Å². The lowest BCUT2D eigenvalue weighted by atomic mass is 10.0. The molecule has 33 heavy (non-hydrogen) atoms. The molecular weight excluding hydrogens is 455 g/mol. The molecular formula is C23H18F3N3O3S. The molecule has 0 amide bonds. The smallest absolute Gasteiger partial charge is 0.439 e. The van der Waals surface area contributed by atoms with Crippen LogP contribution in [0.5, 0.6) is 5.75 Å². The lowest BCUT2D eigenvalue weighted by Crippen LogP contribution is -2.03. The van der Waals surface area contributed by atoms with E-state index in [2.05, 4.69) is 19.6 Å². The fourth-order valence-electron chi connectivity index (χ4n) is 3.56. The minimum absolute atomic E-state index is 0.286. The predicted octanol–water partition coefficient (Wildman–Crippen LogP) is 5.94. The maximum Gasteiger partial charge on any atom is 0.439 e. The molecule has 1 saturated carbocycles. The fraction of sp³-hybridized carbons (Fsp3) is 0.261. The highest BCUT2D eigenvalue weighted by Crippen LogP contribution is 2.45. The molecule has 170 valence electrons. The fourth-order valence-corrected chi connectivity index (χ4v) is 4.54. The molecule has 0 spiro atoms. The van der Waals surface area contributed by atoms with Crippen molar-refractivity contribution in [2.45, 2.75) is 38.5 Å². The van der Waals surface area contributed by atoms with Gasteiger partial charge in [-0.25, -0.2) is 9.78 Å². The normalized spacial score (nSPS) is 13.9. The Morgan fingerprint density at radius 2 is 1.94 bits per heavy atom. The van der Waals surface area contributed by atoms with Gasteiger partial charge in [-0.15, -0.1) is 11.3 Å². The highest BCUT2D eigenvalue weighted by molar-refractivity contribution is 7.15. The minimum Gasteiger partial charge on any atom is -0.488 e. The monoisotopic (exact) mass is 473 g/mol. The first-order valence-electron chi connectivity index (χ1n) is 10.2. The van der Waals surface area contributed by atoms with E-state index in [0.29, 0.717) is 28.1 Å². The SMILES string of the molecule is Cc1nc(-c2ccc(C(F)(F)F)cc2)sc1COc1ccc(-c2noc(=O)[nH]2)c(C2CC2)c1. The van der Waals surface area contributed by atoms with Gasteiger partial charge in [0.25, 0.3) is 0 Å². The zero-order valence-electron chi connectivity index (χ0n) is 17.4. The third-order valence-corrected chi connectivity index (χ3v) is 6.64. The van der Waals surface area contributed by atoms with Crippen LogP contribution in [0, 0.1) is 6.92 Å². The summed E-state index contributed by atoms with van der Waals surface area (Å²) in [6, 6.07) is 10.6. The maximum atomic E-state index is 12.8. The van der Waals surface area contributed by atoms with Crippen molar-refractivity contribution >= 4 is 11.3 Å². The Morgan fingerprint density at radius 1 is 1.18 bits per heavy atom. The van der Waals surface area contributed by atoms with Crippen molar-refractivity contribution in [2.75, 3.05) is 0 Å². The molecule has 1 N–H and O–H groups in total. The zero-order valence-corrected chi connectivity index (χ0v) is 18.2. The van der Waals surface area contributed by atoms with E-state index < -0.39 is 17.5 Å². The van der Waals surface area contributed by atoms with Gasteiger partial charge < -0.3 is 4.74 Å². The predicted molar refractivity (Wildman–Crippen MR) is 116 cm³/mol. The molecule has 1 fully saturated rings. The Morgan fingerprint density at radius 3 is 2.58 bits per heavy atom. The van der Waals surface area contributed by atoms with Gasteiger partial charge in [0.05, 0.1) is 16.1 Å². The average Bonchev–Trinajstić information content (AvgIpc) is 3.45. The summed E-state index contributed by atoms with van der Waals surface area (Å²) < 4.78 is 49.0. The Labute approximate surface area is 190 Å². The van der Waals surface area contributed by atoms with E-state index >= 15 is 0 Å². The van der Waals surface area contributed by atoms with E-state index in [0.717, 1.165) is 46.7 Å². The molecule has 1 aliphatic carbocycles. The van der Waals surface area contributed by atoms with Crippen LogP contribution in [0.4, 0.5) is 13.2 Å². The third kappa shape index (κ3) is 4.56. The van der Waals surface area contributed by atoms with Crippen molar-refractivity contribution in [3.05, 3.63) is 74.7 Å². The first-order chi connectivity index (χ1) is 15.8. The van der Waals surface area contributed by atoms with Crippen molar-refractivity contribution in [3.8, 4) is 27.7 Å². The summed E-state index contributed by atoms with van der Waals surface area (Å²) >= 11 is 1.39. The standard InChI is InChI=1S/C23H18F3N3O3S/c1-12-19(33-21(27-12)14-4-6-15(7-5-14)23(24,25)26)11-31-16-8-9-17(18(10-16)13-2-3-13)20-28-22(30)32-29-20/h4-10,13H,2-3,11H2,1H3,(H,28,29,30). The second-order valence-corrected chi connectivity index (χ2v) is 8.94. The Kier molecular flexibility index (Phi) is 5.32. The summed E-state index contributed by atoms with van der Waals surface area (Å²) in [5.41, 5.74) is 2.57. The van der Waals surface area contributed by atoms with Crippen LogP contribution >= 0.6 is 11.3 Å². The quantitative estimate of drug-likeness (QED) is 0.375. The van der Waals surface area contributed by atoms with Crippen molar-refractivity contribution < 1.29 is 22.4 Å². The van der Waals surface area contributed by atoms with Gasteiger partial charge in [-0.3, -0.25) is 9.51 Å². The largest absolute Gasteiger partial charge is 0.488 e. The molecule has 0 unspecified atom stereocenters. The molecule has 4 aromatic rings. The second-order valence-electron chi connectivity index (χ2n) is 7.86. The van der Waals surface area contributed by atoms with E-state index in [1.165, 1.54) is 23.5 Å². The van der Waals surface area contributed by atoms with Crippen molar-refractivity contribution in [3.63, 3.8) is 0 Å². The average molecular weight is 473 g/mol. The number of nitrogens with zero attached hydrogens (tertiary/aromatic N) is 2. The Bertz CT molecular complexity index is 1350. The molecule has 0 aliphatic heterocycles. The second kappa shape index (κ2) is 8.18. The van der Waals surface area contributed by atoms with Crippen LogP contribution in [0.15, 0.2) is 51.8 Å². The van der Waals surface area contributed by atoms with Crippen LogP contribution in [0.2, 0.25) is 0 Å². The van der Waals surface area contributed by atoms with Crippen LogP contribution in [-0.2, 0) is 12.8 Å². The van der Waals surface area contributed by atoms with E-state index in [9.17, 15) is 18.0 Å². The molecule has 0 radical (unpaired) electrons. The van der Waals surface area contributed by atoms with Crippen LogP contribution in [-0.4, -0.2) is 15.1 Å². The molecule has 2 heterocycles. The number of ether oxygens (including phenoxy) is 1. The first kappa shape index (κ1) is 21.4. The van der Waals surface area contributed by atoms with Gasteiger partial charge in [-0.05, 0) is 61.6 Å². The minimum atomic E-state index is -4.37. The molecule has 6 nitrogen and oxygen atoms in total. The van der Waals surface area contributed by atoms with Crippen molar-refractivity contribution in [1.29, 1.82) is 0 Å². The first-order valence-corrected chi connectivity index (χ1v) is 11.1. The molecule has 0 bridgehead atoms. The number of aromatic nitrogens is 3. The highest BCUT2D eigenvalue weighted by Gasteiger charge is 2.30. The van der Waals surface area contributed by atoms with Gasteiger partial charge >= 0.3 is 11.9 Å². The number of hydrogen-bond donors (Lipinski definition) is 1. The number of H-pyrrole nitrogens is 1. The molecule has 10 heteroatoms. The number of thiazole rings is 1. The summed E-state index contributed by atoms with van der Waals surface area (Å²) in [5, 5.41) is 4.43.